The molecular formula is C22H21F2N7O3. The molecule has 12 heteroatoms. The fourth-order valence-electron chi connectivity index (χ4n) is 4.39. The van der Waals surface area contributed by atoms with Crippen molar-refractivity contribution in [2.75, 3.05) is 25.6 Å². The van der Waals surface area contributed by atoms with Crippen LogP contribution in [-0.4, -0.2) is 73.5 Å². The molecule has 3 N–H and O–H groups in total. The smallest absolute Gasteiger partial charge is 0.270 e. The highest BCUT2D eigenvalue weighted by molar-refractivity contribution is 6.01. The second-order valence-corrected chi connectivity index (χ2v) is 8.56. The molecule has 0 aromatic carbocycles. The largest absolute Gasteiger partial charge is 0.388 e. The number of carbonyl (C=O) groups is 1. The first kappa shape index (κ1) is 20.9. The molecule has 10 nitrogen and oxygen atoms in total. The summed E-state index contributed by atoms with van der Waals surface area (Å²) in [6, 6.07) is 3.82. The summed E-state index contributed by atoms with van der Waals surface area (Å²) in [6.45, 7) is 0.370. The van der Waals surface area contributed by atoms with Crippen molar-refractivity contribution in [3.8, 4) is 11.3 Å². The number of pyridine rings is 1. The zero-order valence-corrected chi connectivity index (χ0v) is 18.1. The minimum atomic E-state index is -2.76. The lowest BCUT2D eigenvalue weighted by Gasteiger charge is -2.14. The van der Waals surface area contributed by atoms with Gasteiger partial charge in [-0.3, -0.25) is 4.79 Å². The first-order valence-corrected chi connectivity index (χ1v) is 10.8. The predicted molar refractivity (Wildman–Crippen MR) is 118 cm³/mol. The van der Waals surface area contributed by atoms with Gasteiger partial charge in [0.25, 0.3) is 11.8 Å². The van der Waals surface area contributed by atoms with Crippen LogP contribution in [0.2, 0.25) is 0 Å². The number of anilines is 1. The summed E-state index contributed by atoms with van der Waals surface area (Å²) < 4.78 is 36.0. The summed E-state index contributed by atoms with van der Waals surface area (Å²) in [7, 11) is 1.71. The lowest BCUT2D eigenvalue weighted by molar-refractivity contribution is 0.0887. The van der Waals surface area contributed by atoms with Crippen LogP contribution in [0.3, 0.4) is 0 Å². The number of nitrogens with zero attached hydrogens (tertiary/aromatic N) is 5. The minimum Gasteiger partial charge on any atom is -0.388 e. The average Bonchev–Trinajstić information content (AvgIpc) is 3.22. The van der Waals surface area contributed by atoms with E-state index in [0.717, 1.165) is 0 Å². The van der Waals surface area contributed by atoms with E-state index in [9.17, 15) is 18.7 Å². The Morgan fingerprint density at radius 1 is 1.32 bits per heavy atom. The van der Waals surface area contributed by atoms with E-state index in [0.29, 0.717) is 28.1 Å². The number of hydrogen-bond acceptors (Lipinski definition) is 7. The second-order valence-electron chi connectivity index (χ2n) is 8.56. The number of fused-ring (bicyclic) bond motifs is 2. The third-order valence-electron chi connectivity index (χ3n) is 6.33. The van der Waals surface area contributed by atoms with Gasteiger partial charge in [0, 0.05) is 42.9 Å². The molecule has 1 saturated heterocycles. The number of aromatic nitrogens is 5. The summed E-state index contributed by atoms with van der Waals surface area (Å²) in [5, 5.41) is 20.7. The molecule has 0 bridgehead atoms. The topological polar surface area (TPSA) is 119 Å². The number of aliphatic hydroxyl groups is 1. The summed E-state index contributed by atoms with van der Waals surface area (Å²) in [6.07, 6.45) is 3.59. The first-order valence-electron chi connectivity index (χ1n) is 10.8. The van der Waals surface area contributed by atoms with Crippen molar-refractivity contribution in [3.63, 3.8) is 0 Å². The van der Waals surface area contributed by atoms with Crippen LogP contribution in [0.25, 0.3) is 27.9 Å². The molecule has 1 aliphatic heterocycles. The molecular weight excluding hydrogens is 448 g/mol. The molecule has 1 saturated carbocycles. The monoisotopic (exact) mass is 469 g/mol. The Morgan fingerprint density at radius 3 is 2.85 bits per heavy atom. The van der Waals surface area contributed by atoms with Gasteiger partial charge in [0.1, 0.15) is 23.1 Å². The van der Waals surface area contributed by atoms with Crippen LogP contribution in [0, 0.1) is 0 Å². The molecule has 2 aliphatic rings. The van der Waals surface area contributed by atoms with Gasteiger partial charge in [-0.1, -0.05) is 0 Å². The Bertz CT molecular complexity index is 1430. The molecule has 3 atom stereocenters. The van der Waals surface area contributed by atoms with Crippen LogP contribution in [0.4, 0.5) is 14.6 Å². The van der Waals surface area contributed by atoms with Gasteiger partial charge in [0.15, 0.2) is 5.65 Å². The summed E-state index contributed by atoms with van der Waals surface area (Å²) in [5.41, 5.74) is 2.06. The number of nitrogens with one attached hydrogen (secondary N) is 2. The maximum absolute atomic E-state index is 13.9. The van der Waals surface area contributed by atoms with E-state index in [2.05, 4.69) is 25.7 Å². The number of aliphatic hydroxyl groups excluding tert-OH is 1. The van der Waals surface area contributed by atoms with E-state index in [4.69, 9.17) is 4.74 Å². The molecule has 2 unspecified atom stereocenters. The number of hydrogen-bond donors (Lipinski definition) is 3. The Balaban J connectivity index is 1.47. The van der Waals surface area contributed by atoms with Crippen molar-refractivity contribution in [2.45, 2.75) is 30.5 Å². The highest BCUT2D eigenvalue weighted by atomic mass is 19.3. The van der Waals surface area contributed by atoms with Crippen LogP contribution in [0.5, 0.6) is 0 Å². The fraction of sp³-hybridized carbons (Fsp3) is 0.364. The number of alkyl halides is 2. The van der Waals surface area contributed by atoms with Crippen LogP contribution >= 0.6 is 0 Å². The van der Waals surface area contributed by atoms with E-state index in [1.54, 1.807) is 31.6 Å². The van der Waals surface area contributed by atoms with Crippen molar-refractivity contribution in [1.82, 2.24) is 29.5 Å². The Morgan fingerprint density at radius 2 is 2.15 bits per heavy atom. The zero-order valence-electron chi connectivity index (χ0n) is 18.1. The van der Waals surface area contributed by atoms with E-state index >= 15 is 0 Å². The molecule has 6 rings (SSSR count). The maximum atomic E-state index is 13.9. The molecule has 1 aliphatic carbocycles. The Kier molecular flexibility index (Phi) is 4.58. The zero-order chi connectivity index (χ0) is 23.6. The van der Waals surface area contributed by atoms with Crippen molar-refractivity contribution in [1.29, 1.82) is 0 Å². The van der Waals surface area contributed by atoms with Gasteiger partial charge in [-0.15, -0.1) is 0 Å². The fourth-order valence-corrected chi connectivity index (χ4v) is 4.39. The number of rotatable bonds is 5. The normalized spacial score (nSPS) is 23.5. The predicted octanol–water partition coefficient (Wildman–Crippen LogP) is 1.86. The van der Waals surface area contributed by atoms with Crippen LogP contribution in [-0.2, 0) is 4.74 Å². The SMILES string of the molecule is CNc1cc(-c2cn([C@H]3CC3(F)F)c3ncccc23)nc2c(C(=O)NC3COCC3O)cnn12. The quantitative estimate of drug-likeness (QED) is 0.408. The third-order valence-corrected chi connectivity index (χ3v) is 6.33. The number of halogens is 2. The molecule has 5 heterocycles. The van der Waals surface area contributed by atoms with Gasteiger partial charge in [-0.2, -0.15) is 9.61 Å². The van der Waals surface area contributed by atoms with E-state index in [1.807, 2.05) is 6.07 Å². The average molecular weight is 469 g/mol. The lowest BCUT2D eigenvalue weighted by atomic mass is 10.1. The summed E-state index contributed by atoms with van der Waals surface area (Å²) in [4.78, 5) is 22.0. The highest BCUT2D eigenvalue weighted by Crippen LogP contribution is 2.54. The number of amides is 1. The van der Waals surface area contributed by atoms with Crippen molar-refractivity contribution in [2.24, 2.45) is 0 Å². The van der Waals surface area contributed by atoms with Gasteiger partial charge in [0.2, 0.25) is 0 Å². The molecule has 0 radical (unpaired) electrons. The van der Waals surface area contributed by atoms with Gasteiger partial charge < -0.3 is 25.0 Å². The van der Waals surface area contributed by atoms with E-state index in [-0.39, 0.29) is 30.8 Å². The molecule has 2 fully saturated rings. The molecule has 0 spiro atoms. The van der Waals surface area contributed by atoms with Gasteiger partial charge >= 0.3 is 0 Å². The first-order chi connectivity index (χ1) is 16.4. The van der Waals surface area contributed by atoms with Crippen molar-refractivity contribution < 1.29 is 23.4 Å². The Labute approximate surface area is 191 Å². The third kappa shape index (κ3) is 3.21. The molecule has 4 aromatic heterocycles. The second kappa shape index (κ2) is 7.43. The molecule has 4 aromatic rings. The molecule has 176 valence electrons. The number of carbonyl (C=O) groups excluding carboxylic acids is 1. The van der Waals surface area contributed by atoms with Crippen molar-refractivity contribution in [3.05, 3.63) is 42.4 Å². The standard InChI is InChI=1S/C22H21F2N7O3/c1-25-18-5-14(13-8-30(17-6-22(17,23)24)19-11(13)3-2-4-26-19)28-20-12(7-27-31(18)20)21(33)29-15-9-34-10-16(15)32/h2-5,7-8,15-17,25,32H,6,9-10H2,1H3,(H,29,33)/t15?,16?,17-/m0/s1. The maximum Gasteiger partial charge on any atom is 0.270 e. The summed E-state index contributed by atoms with van der Waals surface area (Å²) >= 11 is 0. The van der Waals surface area contributed by atoms with Crippen LogP contribution < -0.4 is 10.6 Å². The van der Waals surface area contributed by atoms with Crippen molar-refractivity contribution >= 4 is 28.4 Å². The van der Waals surface area contributed by atoms with E-state index in [1.165, 1.54) is 15.3 Å². The van der Waals surface area contributed by atoms with Crippen LogP contribution in [0.1, 0.15) is 22.8 Å². The van der Waals surface area contributed by atoms with E-state index < -0.39 is 30.0 Å². The minimum absolute atomic E-state index is 0.157. The molecule has 1 amide bonds. The van der Waals surface area contributed by atoms with Gasteiger partial charge in [0.05, 0.1) is 37.3 Å². The Hall–Kier alpha value is -3.64. The summed E-state index contributed by atoms with van der Waals surface area (Å²) in [5.74, 6) is -2.65. The molecule has 34 heavy (non-hydrogen) atoms. The van der Waals surface area contributed by atoms with Gasteiger partial charge in [-0.25, -0.2) is 18.7 Å². The highest BCUT2D eigenvalue weighted by Gasteiger charge is 2.58. The van der Waals surface area contributed by atoms with Crippen LogP contribution in [0.15, 0.2) is 36.8 Å². The van der Waals surface area contributed by atoms with Gasteiger partial charge in [-0.05, 0) is 12.1 Å². The number of ether oxygens (including phenoxy) is 1. The lowest BCUT2D eigenvalue weighted by Crippen LogP contribution is -2.42.